The van der Waals surface area contributed by atoms with Crippen LogP contribution >= 0.6 is 0 Å². The summed E-state index contributed by atoms with van der Waals surface area (Å²) in [5.41, 5.74) is -1.50. The molecule has 1 N–H and O–H groups in total. The summed E-state index contributed by atoms with van der Waals surface area (Å²) in [6, 6.07) is 1.15. The Labute approximate surface area is 155 Å². The first-order valence-electron chi connectivity index (χ1n) is 8.28. The third kappa shape index (κ3) is 4.20. The lowest BCUT2D eigenvalue weighted by Crippen LogP contribution is -2.13. The van der Waals surface area contributed by atoms with Gasteiger partial charge in [-0.1, -0.05) is 0 Å². The minimum absolute atomic E-state index is 0.0380. The average molecular weight is 403 g/mol. The molecule has 0 saturated heterocycles. The van der Waals surface area contributed by atoms with Crippen LogP contribution in [0.5, 0.6) is 0 Å². The van der Waals surface area contributed by atoms with E-state index in [1.54, 1.807) is 7.05 Å². The van der Waals surface area contributed by atoms with Crippen LogP contribution in [0.3, 0.4) is 0 Å². The Morgan fingerprint density at radius 1 is 1.07 bits per heavy atom. The number of hydrogen-bond donors (Lipinski definition) is 1. The minimum atomic E-state index is -4.94. The molecule has 0 fully saturated rings. The molecular formula is C18H15F6N3O. The molecule has 1 aliphatic rings. The van der Waals surface area contributed by atoms with Crippen LogP contribution in [-0.2, 0) is 37.0 Å². The molecule has 3 rings (SSSR count). The number of hydrogen-bond acceptors (Lipinski definition) is 2. The Bertz CT molecular complexity index is 908. The van der Waals surface area contributed by atoms with E-state index >= 15 is 0 Å². The minimum Gasteiger partial charge on any atom is -0.307 e. The number of amides is 1. The van der Waals surface area contributed by atoms with Gasteiger partial charge < -0.3 is 5.32 Å². The fourth-order valence-electron chi connectivity index (χ4n) is 3.08. The number of carbonyl (C=O) groups excluding carboxylic acids is 1. The molecule has 1 amide bonds. The van der Waals surface area contributed by atoms with Crippen LogP contribution < -0.4 is 5.32 Å². The van der Waals surface area contributed by atoms with Gasteiger partial charge in [0.2, 0.25) is 5.91 Å². The summed E-state index contributed by atoms with van der Waals surface area (Å²) in [6.07, 6.45) is -5.64. The molecule has 0 aliphatic heterocycles. The molecule has 150 valence electrons. The maximum Gasteiger partial charge on any atom is 0.416 e. The zero-order chi connectivity index (χ0) is 20.7. The highest BCUT2D eigenvalue weighted by molar-refractivity contribution is 6.02. The van der Waals surface area contributed by atoms with E-state index in [-0.39, 0.29) is 11.6 Å². The van der Waals surface area contributed by atoms with Gasteiger partial charge in [-0.15, -0.1) is 0 Å². The molecule has 0 spiro atoms. The summed E-state index contributed by atoms with van der Waals surface area (Å²) in [4.78, 5) is 12.1. The molecule has 1 aliphatic carbocycles. The largest absolute Gasteiger partial charge is 0.416 e. The third-order valence-corrected chi connectivity index (χ3v) is 4.35. The Morgan fingerprint density at radius 2 is 1.68 bits per heavy atom. The molecule has 28 heavy (non-hydrogen) atoms. The molecule has 1 aromatic carbocycles. The van der Waals surface area contributed by atoms with Crippen LogP contribution in [0.15, 0.2) is 24.3 Å². The Morgan fingerprint density at radius 3 is 2.25 bits per heavy atom. The quantitative estimate of drug-likeness (QED) is 0.602. The number of nitrogens with one attached hydrogen (secondary N) is 1. The molecule has 0 unspecified atom stereocenters. The average Bonchev–Trinajstić information content (AvgIpc) is 3.14. The van der Waals surface area contributed by atoms with E-state index in [1.807, 2.05) is 0 Å². The molecule has 1 heterocycles. The van der Waals surface area contributed by atoms with Gasteiger partial charge in [0.1, 0.15) is 5.82 Å². The maximum absolute atomic E-state index is 12.9. The number of aryl methyl sites for hydroxylation is 2. The Kier molecular flexibility index (Phi) is 4.99. The van der Waals surface area contributed by atoms with Gasteiger partial charge >= 0.3 is 12.4 Å². The summed E-state index contributed by atoms with van der Waals surface area (Å²) in [5, 5.41) is 6.85. The van der Waals surface area contributed by atoms with Gasteiger partial charge in [-0.05, 0) is 49.1 Å². The second kappa shape index (κ2) is 6.99. The van der Waals surface area contributed by atoms with Crippen molar-refractivity contribution in [2.24, 2.45) is 7.05 Å². The summed E-state index contributed by atoms with van der Waals surface area (Å²) in [7, 11) is 1.64. The van der Waals surface area contributed by atoms with Crippen molar-refractivity contribution in [1.29, 1.82) is 0 Å². The highest BCUT2D eigenvalue weighted by Crippen LogP contribution is 2.36. The van der Waals surface area contributed by atoms with Crippen LogP contribution in [0.2, 0.25) is 0 Å². The molecule has 0 bridgehead atoms. The summed E-state index contributed by atoms with van der Waals surface area (Å²) in [5.74, 6) is -0.203. The monoisotopic (exact) mass is 403 g/mol. The number of carbonyl (C=O) groups is 1. The summed E-state index contributed by atoms with van der Waals surface area (Å²) < 4.78 is 78.8. The van der Waals surface area contributed by atoms with E-state index in [9.17, 15) is 31.1 Å². The first-order chi connectivity index (χ1) is 12.9. The van der Waals surface area contributed by atoms with E-state index in [1.165, 1.54) is 4.68 Å². The van der Waals surface area contributed by atoms with Gasteiger partial charge in [0.25, 0.3) is 0 Å². The number of nitrogens with zero attached hydrogens (tertiary/aromatic N) is 2. The highest BCUT2D eigenvalue weighted by atomic mass is 19.4. The fourth-order valence-corrected chi connectivity index (χ4v) is 3.08. The lowest BCUT2D eigenvalue weighted by Gasteiger charge is -2.13. The zero-order valence-corrected chi connectivity index (χ0v) is 14.6. The van der Waals surface area contributed by atoms with Crippen LogP contribution in [0.4, 0.5) is 32.2 Å². The molecule has 4 nitrogen and oxygen atoms in total. The lowest BCUT2D eigenvalue weighted by atomic mass is 10.0. The van der Waals surface area contributed by atoms with Gasteiger partial charge in [0.05, 0.1) is 16.8 Å². The van der Waals surface area contributed by atoms with Gasteiger partial charge in [-0.3, -0.25) is 9.48 Å². The van der Waals surface area contributed by atoms with Crippen LogP contribution in [0.25, 0.3) is 6.08 Å². The second-order valence-electron chi connectivity index (χ2n) is 6.41. The normalized spacial score (nSPS) is 14.5. The molecular weight excluding hydrogens is 388 g/mol. The standard InChI is InChI=1S/C18H15F6N3O/c1-27-16(13-3-2-4-14(13)26-27)25-15(28)6-5-10-7-11(17(19,20)21)9-12(8-10)18(22,23)24/h5-9H,2-4H2,1H3,(H,25,28)/b6-5+. The van der Waals surface area contributed by atoms with E-state index < -0.39 is 29.4 Å². The fraction of sp³-hybridized carbons (Fsp3) is 0.333. The van der Waals surface area contributed by atoms with Crippen molar-refractivity contribution in [3.05, 3.63) is 52.2 Å². The molecule has 10 heteroatoms. The predicted octanol–water partition coefficient (Wildman–Crippen LogP) is 4.60. The van der Waals surface area contributed by atoms with Crippen molar-refractivity contribution >= 4 is 17.8 Å². The van der Waals surface area contributed by atoms with Crippen LogP contribution in [-0.4, -0.2) is 15.7 Å². The van der Waals surface area contributed by atoms with E-state index in [0.717, 1.165) is 42.7 Å². The van der Waals surface area contributed by atoms with Crippen molar-refractivity contribution in [2.45, 2.75) is 31.6 Å². The number of aromatic nitrogens is 2. The summed E-state index contributed by atoms with van der Waals surface area (Å²) >= 11 is 0. The van der Waals surface area contributed by atoms with Crippen molar-refractivity contribution in [2.75, 3.05) is 5.32 Å². The molecule has 1 aromatic heterocycles. The van der Waals surface area contributed by atoms with Crippen molar-refractivity contribution in [3.63, 3.8) is 0 Å². The second-order valence-corrected chi connectivity index (χ2v) is 6.41. The first kappa shape index (κ1) is 20.0. The lowest BCUT2D eigenvalue weighted by molar-refractivity contribution is -0.143. The first-order valence-corrected chi connectivity index (χ1v) is 8.28. The SMILES string of the molecule is Cn1nc2c(c1NC(=O)/C=C/c1cc(C(F)(F)F)cc(C(F)(F)F)c1)CCC2. The van der Waals surface area contributed by atoms with Gasteiger partial charge in [-0.2, -0.15) is 31.4 Å². The Hall–Kier alpha value is -2.78. The van der Waals surface area contributed by atoms with E-state index in [2.05, 4.69) is 10.4 Å². The summed E-state index contributed by atoms with van der Waals surface area (Å²) in [6.45, 7) is 0. The predicted molar refractivity (Wildman–Crippen MR) is 89.3 cm³/mol. The maximum atomic E-state index is 12.9. The highest BCUT2D eigenvalue weighted by Gasteiger charge is 2.36. The van der Waals surface area contributed by atoms with Crippen molar-refractivity contribution in [1.82, 2.24) is 9.78 Å². The van der Waals surface area contributed by atoms with Crippen molar-refractivity contribution < 1.29 is 31.1 Å². The van der Waals surface area contributed by atoms with Gasteiger partial charge in [0.15, 0.2) is 0 Å². The number of benzene rings is 1. The Balaban J connectivity index is 1.84. The number of fused-ring (bicyclic) bond motifs is 1. The number of halogens is 6. The zero-order valence-electron chi connectivity index (χ0n) is 14.6. The van der Waals surface area contributed by atoms with Crippen molar-refractivity contribution in [3.8, 4) is 0 Å². The van der Waals surface area contributed by atoms with Crippen LogP contribution in [0, 0.1) is 0 Å². The smallest absolute Gasteiger partial charge is 0.307 e. The topological polar surface area (TPSA) is 46.9 Å². The van der Waals surface area contributed by atoms with E-state index in [0.29, 0.717) is 18.0 Å². The molecule has 0 atom stereocenters. The van der Waals surface area contributed by atoms with E-state index in [4.69, 9.17) is 0 Å². The molecule has 0 radical (unpaired) electrons. The number of anilines is 1. The third-order valence-electron chi connectivity index (χ3n) is 4.35. The van der Waals surface area contributed by atoms with Gasteiger partial charge in [-0.25, -0.2) is 0 Å². The number of rotatable bonds is 3. The molecule has 2 aromatic rings. The molecule has 0 saturated carbocycles. The van der Waals surface area contributed by atoms with Crippen LogP contribution in [0.1, 0.15) is 34.4 Å². The number of alkyl halides is 6. The van der Waals surface area contributed by atoms with Gasteiger partial charge in [0, 0.05) is 18.7 Å².